The number of benzene rings is 1. The van der Waals surface area contributed by atoms with Gasteiger partial charge in [0, 0.05) is 19.5 Å². The Kier molecular flexibility index (Phi) is 7.38. The molecule has 0 atom stereocenters. The smallest absolute Gasteiger partial charge is 0.151 e. The zero-order valence-corrected chi connectivity index (χ0v) is 12.4. The third-order valence-electron chi connectivity index (χ3n) is 3.05. The number of ketones is 1. The average molecular weight is 262 g/mol. The summed E-state index contributed by atoms with van der Waals surface area (Å²) in [7, 11) is 4.13. The van der Waals surface area contributed by atoms with E-state index in [2.05, 4.69) is 30.8 Å². The molecular formula is C16H26N2O. The summed E-state index contributed by atoms with van der Waals surface area (Å²) in [5, 5.41) is 0. The Hall–Kier alpha value is -1.19. The Morgan fingerprint density at radius 2 is 1.74 bits per heavy atom. The van der Waals surface area contributed by atoms with Gasteiger partial charge in [-0.15, -0.1) is 0 Å². The minimum Gasteiger partial charge on any atom is -0.308 e. The highest BCUT2D eigenvalue weighted by atomic mass is 16.1. The Morgan fingerprint density at radius 1 is 1.05 bits per heavy atom. The maximum Gasteiger partial charge on any atom is 0.151 e. The third-order valence-corrected chi connectivity index (χ3v) is 3.05. The van der Waals surface area contributed by atoms with Crippen molar-refractivity contribution in [2.45, 2.75) is 19.8 Å². The fraction of sp³-hybridized carbons (Fsp3) is 0.562. The van der Waals surface area contributed by atoms with E-state index in [0.717, 1.165) is 31.6 Å². The summed E-state index contributed by atoms with van der Waals surface area (Å²) >= 11 is 0. The Bertz CT molecular complexity index is 362. The summed E-state index contributed by atoms with van der Waals surface area (Å²) < 4.78 is 0. The molecule has 0 amide bonds. The predicted octanol–water partition coefficient (Wildman–Crippen LogP) is 2.07. The van der Waals surface area contributed by atoms with Gasteiger partial charge in [-0.25, -0.2) is 0 Å². The van der Waals surface area contributed by atoms with E-state index in [1.165, 1.54) is 0 Å². The fourth-order valence-corrected chi connectivity index (χ4v) is 2.06. The highest BCUT2D eigenvalue weighted by Gasteiger charge is 2.10. The van der Waals surface area contributed by atoms with Crippen LogP contribution in [0, 0.1) is 0 Å². The van der Waals surface area contributed by atoms with Gasteiger partial charge in [0.25, 0.3) is 0 Å². The standard InChI is InChI=1S/C16H26N2O/c1-4-10-18(12-11-17(2)3)14-16(19)13-15-8-6-5-7-9-15/h5-9H,4,10-14H2,1-3H3. The molecule has 0 unspecified atom stereocenters. The molecule has 19 heavy (non-hydrogen) atoms. The van der Waals surface area contributed by atoms with Crippen molar-refractivity contribution in [2.24, 2.45) is 0 Å². The number of carbonyl (C=O) groups is 1. The van der Waals surface area contributed by atoms with Crippen LogP contribution < -0.4 is 0 Å². The molecule has 0 bridgehead atoms. The molecule has 0 aliphatic heterocycles. The van der Waals surface area contributed by atoms with Crippen molar-refractivity contribution in [2.75, 3.05) is 40.3 Å². The van der Waals surface area contributed by atoms with Crippen LogP contribution in [0.15, 0.2) is 30.3 Å². The quantitative estimate of drug-likeness (QED) is 0.681. The molecule has 3 heteroatoms. The van der Waals surface area contributed by atoms with Crippen LogP contribution in [0.5, 0.6) is 0 Å². The Balaban J connectivity index is 2.42. The van der Waals surface area contributed by atoms with Crippen molar-refractivity contribution in [3.05, 3.63) is 35.9 Å². The summed E-state index contributed by atoms with van der Waals surface area (Å²) in [4.78, 5) is 16.5. The topological polar surface area (TPSA) is 23.6 Å². The second-order valence-corrected chi connectivity index (χ2v) is 5.28. The molecule has 1 aromatic rings. The van der Waals surface area contributed by atoms with E-state index in [0.29, 0.717) is 18.7 Å². The van der Waals surface area contributed by atoms with Gasteiger partial charge in [-0.1, -0.05) is 37.3 Å². The zero-order chi connectivity index (χ0) is 14.1. The van der Waals surface area contributed by atoms with Gasteiger partial charge in [0.05, 0.1) is 6.54 Å². The minimum absolute atomic E-state index is 0.304. The highest BCUT2D eigenvalue weighted by molar-refractivity contribution is 5.82. The minimum atomic E-state index is 0.304. The molecule has 1 aromatic carbocycles. The van der Waals surface area contributed by atoms with Crippen molar-refractivity contribution in [3.63, 3.8) is 0 Å². The lowest BCUT2D eigenvalue weighted by atomic mass is 10.1. The third kappa shape index (κ3) is 7.09. The van der Waals surface area contributed by atoms with Gasteiger partial charge in [-0.2, -0.15) is 0 Å². The molecule has 0 radical (unpaired) electrons. The summed E-state index contributed by atoms with van der Waals surface area (Å²) in [6, 6.07) is 9.98. The van der Waals surface area contributed by atoms with Crippen molar-refractivity contribution in [1.82, 2.24) is 9.80 Å². The summed E-state index contributed by atoms with van der Waals surface area (Å²) in [6.07, 6.45) is 1.63. The summed E-state index contributed by atoms with van der Waals surface area (Å²) in [6.45, 7) is 5.68. The molecule has 0 aromatic heterocycles. The molecule has 0 N–H and O–H groups in total. The summed E-state index contributed by atoms with van der Waals surface area (Å²) in [5.74, 6) is 0.304. The van der Waals surface area contributed by atoms with Crippen molar-refractivity contribution in [3.8, 4) is 0 Å². The number of hydrogen-bond donors (Lipinski definition) is 0. The SMILES string of the molecule is CCCN(CCN(C)C)CC(=O)Cc1ccccc1. The number of carbonyl (C=O) groups excluding carboxylic acids is 1. The van der Waals surface area contributed by atoms with Gasteiger partial charge in [0.2, 0.25) is 0 Å². The first-order chi connectivity index (χ1) is 9.11. The molecule has 0 saturated heterocycles. The van der Waals surface area contributed by atoms with Gasteiger partial charge in [0.15, 0.2) is 5.78 Å². The van der Waals surface area contributed by atoms with Gasteiger partial charge in [-0.05, 0) is 32.6 Å². The van der Waals surface area contributed by atoms with Crippen LogP contribution in [0.25, 0.3) is 0 Å². The van der Waals surface area contributed by atoms with E-state index in [1.807, 2.05) is 30.3 Å². The lowest BCUT2D eigenvalue weighted by Crippen LogP contribution is -2.36. The molecule has 0 spiro atoms. The van der Waals surface area contributed by atoms with E-state index >= 15 is 0 Å². The maximum atomic E-state index is 12.1. The number of likely N-dealkylation sites (N-methyl/N-ethyl adjacent to an activating group) is 1. The first kappa shape index (κ1) is 15.9. The second-order valence-electron chi connectivity index (χ2n) is 5.28. The number of rotatable bonds is 9. The van der Waals surface area contributed by atoms with Crippen molar-refractivity contribution in [1.29, 1.82) is 0 Å². The van der Waals surface area contributed by atoms with Crippen molar-refractivity contribution >= 4 is 5.78 Å². The van der Waals surface area contributed by atoms with Crippen LogP contribution in [-0.2, 0) is 11.2 Å². The van der Waals surface area contributed by atoms with Gasteiger partial charge < -0.3 is 4.90 Å². The van der Waals surface area contributed by atoms with Gasteiger partial charge in [-0.3, -0.25) is 9.69 Å². The summed E-state index contributed by atoms with van der Waals surface area (Å²) in [5.41, 5.74) is 1.11. The fourth-order valence-electron chi connectivity index (χ4n) is 2.06. The zero-order valence-electron chi connectivity index (χ0n) is 12.4. The van der Waals surface area contributed by atoms with E-state index in [9.17, 15) is 4.79 Å². The first-order valence-electron chi connectivity index (χ1n) is 7.04. The van der Waals surface area contributed by atoms with E-state index < -0.39 is 0 Å². The molecule has 1 rings (SSSR count). The molecule has 0 heterocycles. The molecule has 0 aliphatic rings. The van der Waals surface area contributed by atoms with E-state index in [1.54, 1.807) is 0 Å². The lowest BCUT2D eigenvalue weighted by Gasteiger charge is -2.22. The largest absolute Gasteiger partial charge is 0.308 e. The Labute approximate surface area is 117 Å². The van der Waals surface area contributed by atoms with Gasteiger partial charge in [0.1, 0.15) is 0 Å². The number of hydrogen-bond acceptors (Lipinski definition) is 3. The normalized spacial score (nSPS) is 11.2. The van der Waals surface area contributed by atoms with E-state index in [-0.39, 0.29) is 0 Å². The van der Waals surface area contributed by atoms with Crippen LogP contribution >= 0.6 is 0 Å². The Morgan fingerprint density at radius 3 is 2.32 bits per heavy atom. The van der Waals surface area contributed by atoms with Gasteiger partial charge >= 0.3 is 0 Å². The molecule has 106 valence electrons. The van der Waals surface area contributed by atoms with Crippen LogP contribution in [0.2, 0.25) is 0 Å². The van der Waals surface area contributed by atoms with Crippen LogP contribution in [0.4, 0.5) is 0 Å². The number of nitrogens with zero attached hydrogens (tertiary/aromatic N) is 2. The monoisotopic (exact) mass is 262 g/mol. The molecule has 0 aliphatic carbocycles. The van der Waals surface area contributed by atoms with E-state index in [4.69, 9.17) is 0 Å². The van der Waals surface area contributed by atoms with Crippen LogP contribution in [-0.4, -0.2) is 55.9 Å². The molecule has 3 nitrogen and oxygen atoms in total. The predicted molar refractivity (Wildman–Crippen MR) is 80.4 cm³/mol. The van der Waals surface area contributed by atoms with Crippen LogP contribution in [0.3, 0.4) is 0 Å². The molecular weight excluding hydrogens is 236 g/mol. The van der Waals surface area contributed by atoms with Crippen molar-refractivity contribution < 1.29 is 4.79 Å². The molecule has 0 saturated carbocycles. The lowest BCUT2D eigenvalue weighted by molar-refractivity contribution is -0.119. The van der Waals surface area contributed by atoms with Crippen LogP contribution in [0.1, 0.15) is 18.9 Å². The average Bonchev–Trinajstić information content (AvgIpc) is 2.37. The molecule has 0 fully saturated rings. The first-order valence-corrected chi connectivity index (χ1v) is 7.04. The maximum absolute atomic E-state index is 12.1. The second kappa shape index (κ2) is 8.83. The number of Topliss-reactive ketones (excluding diaryl/α,β-unsaturated/α-hetero) is 1. The highest BCUT2D eigenvalue weighted by Crippen LogP contribution is 2.02.